The van der Waals surface area contributed by atoms with E-state index in [2.05, 4.69) is 10.2 Å². The van der Waals surface area contributed by atoms with Crippen molar-refractivity contribution in [3.63, 3.8) is 0 Å². The number of nitrogens with one attached hydrogen (secondary N) is 1. The van der Waals surface area contributed by atoms with Gasteiger partial charge in [0.2, 0.25) is 0 Å². The summed E-state index contributed by atoms with van der Waals surface area (Å²) in [6.07, 6.45) is -1.16. The Morgan fingerprint density at radius 3 is 2.61 bits per heavy atom. The number of benzene rings is 3. The number of hydrogen-bond donors (Lipinski definition) is 2. The van der Waals surface area contributed by atoms with Gasteiger partial charge in [0.25, 0.3) is 5.91 Å². The molecule has 0 saturated heterocycles. The maximum atomic E-state index is 15.2. The van der Waals surface area contributed by atoms with Crippen molar-refractivity contribution in [1.29, 1.82) is 0 Å². The second-order valence-corrected chi connectivity index (χ2v) is 6.43. The predicted molar refractivity (Wildman–Crippen MR) is 103 cm³/mol. The van der Waals surface area contributed by atoms with E-state index in [1.807, 2.05) is 42.5 Å². The monoisotopic (exact) mass is 377 g/mol. The Kier molecular flexibility index (Phi) is 4.27. The zero-order valence-corrected chi connectivity index (χ0v) is 14.9. The highest BCUT2D eigenvalue weighted by atomic mass is 19.1. The number of nitrogens with zero attached hydrogens (tertiary/aromatic N) is 1. The van der Waals surface area contributed by atoms with Crippen molar-refractivity contribution in [3.05, 3.63) is 66.0 Å². The number of amides is 1. The van der Waals surface area contributed by atoms with E-state index in [1.54, 1.807) is 6.07 Å². The van der Waals surface area contributed by atoms with Crippen LogP contribution in [0, 0.1) is 5.82 Å². The number of halogens is 1. The molecule has 0 aliphatic carbocycles. The molecule has 0 bridgehead atoms. The molecule has 0 fully saturated rings. The number of nitrogens with two attached hydrogens (primary N) is 1. The van der Waals surface area contributed by atoms with Crippen LogP contribution in [0.5, 0.6) is 0 Å². The summed E-state index contributed by atoms with van der Waals surface area (Å²) in [5, 5.41) is 9.23. The molecule has 0 spiro atoms. The molecule has 4 rings (SSSR count). The second kappa shape index (κ2) is 6.77. The molecular weight excluding hydrogens is 361 g/mol. The van der Waals surface area contributed by atoms with Gasteiger partial charge in [0.1, 0.15) is 11.5 Å². The first-order chi connectivity index (χ1) is 13.5. The number of carbonyl (C=O) groups is 2. The summed E-state index contributed by atoms with van der Waals surface area (Å²) in [6.45, 7) is 1.33. The van der Waals surface area contributed by atoms with E-state index in [9.17, 15) is 9.59 Å². The van der Waals surface area contributed by atoms with Crippen LogP contribution in [-0.4, -0.2) is 28.2 Å². The molecule has 4 aromatic rings. The maximum Gasteiger partial charge on any atom is 0.341 e. The summed E-state index contributed by atoms with van der Waals surface area (Å²) in [7, 11) is 0. The lowest BCUT2D eigenvalue weighted by atomic mass is 10.0. The van der Waals surface area contributed by atoms with Crippen LogP contribution in [0.4, 0.5) is 4.39 Å². The van der Waals surface area contributed by atoms with Crippen LogP contribution in [0.2, 0.25) is 0 Å². The number of esters is 1. The first-order valence-corrected chi connectivity index (χ1v) is 8.62. The van der Waals surface area contributed by atoms with Crippen molar-refractivity contribution in [3.8, 4) is 11.3 Å². The van der Waals surface area contributed by atoms with Crippen LogP contribution < -0.4 is 5.73 Å². The van der Waals surface area contributed by atoms with Gasteiger partial charge in [0.15, 0.2) is 6.10 Å². The summed E-state index contributed by atoms with van der Waals surface area (Å²) in [5.41, 5.74) is 6.34. The van der Waals surface area contributed by atoms with Gasteiger partial charge in [0.05, 0.1) is 16.5 Å². The van der Waals surface area contributed by atoms with Crippen LogP contribution in [0.3, 0.4) is 0 Å². The number of ether oxygens (including phenoxy) is 1. The van der Waals surface area contributed by atoms with E-state index in [0.29, 0.717) is 16.8 Å². The van der Waals surface area contributed by atoms with Crippen molar-refractivity contribution in [2.75, 3.05) is 0 Å². The SMILES string of the molecule is C[C@H](OC(=O)c1ccc2[nH]nc(-c3ccc4ccccc4c3)c2c1F)C(N)=O. The van der Waals surface area contributed by atoms with Gasteiger partial charge in [0, 0.05) is 5.56 Å². The average Bonchev–Trinajstić information content (AvgIpc) is 3.12. The molecule has 0 unspecified atom stereocenters. The number of rotatable bonds is 4. The Bertz CT molecular complexity index is 1230. The van der Waals surface area contributed by atoms with Gasteiger partial charge < -0.3 is 10.5 Å². The maximum absolute atomic E-state index is 15.2. The predicted octanol–water partition coefficient (Wildman–Crippen LogP) is 3.55. The van der Waals surface area contributed by atoms with Gasteiger partial charge in [-0.1, -0.05) is 36.4 Å². The molecule has 6 nitrogen and oxygen atoms in total. The Hall–Kier alpha value is -3.74. The zero-order valence-electron chi connectivity index (χ0n) is 14.9. The summed E-state index contributed by atoms with van der Waals surface area (Å²) >= 11 is 0. The second-order valence-electron chi connectivity index (χ2n) is 6.43. The number of hydrogen-bond acceptors (Lipinski definition) is 4. The number of carbonyl (C=O) groups excluding carboxylic acids is 2. The topological polar surface area (TPSA) is 98.1 Å². The molecule has 0 saturated carbocycles. The highest BCUT2D eigenvalue weighted by molar-refractivity contribution is 6.01. The molecule has 28 heavy (non-hydrogen) atoms. The number of primary amides is 1. The van der Waals surface area contributed by atoms with Crippen molar-refractivity contribution < 1.29 is 18.7 Å². The molecule has 1 heterocycles. The van der Waals surface area contributed by atoms with Crippen LogP contribution in [0.1, 0.15) is 17.3 Å². The van der Waals surface area contributed by atoms with Crippen LogP contribution in [0.15, 0.2) is 54.6 Å². The first kappa shape index (κ1) is 17.7. The third kappa shape index (κ3) is 2.96. The van der Waals surface area contributed by atoms with Crippen molar-refractivity contribution in [2.45, 2.75) is 13.0 Å². The summed E-state index contributed by atoms with van der Waals surface area (Å²) in [4.78, 5) is 23.4. The number of aromatic nitrogens is 2. The first-order valence-electron chi connectivity index (χ1n) is 8.62. The summed E-state index contributed by atoms with van der Waals surface area (Å²) in [6, 6.07) is 16.3. The molecule has 3 N–H and O–H groups in total. The van der Waals surface area contributed by atoms with E-state index in [0.717, 1.165) is 10.8 Å². The fourth-order valence-electron chi connectivity index (χ4n) is 3.06. The summed E-state index contributed by atoms with van der Waals surface area (Å²) in [5.74, 6) is -2.54. The lowest BCUT2D eigenvalue weighted by Crippen LogP contribution is -2.30. The van der Waals surface area contributed by atoms with Gasteiger partial charge in [-0.25, -0.2) is 9.18 Å². The Morgan fingerprint density at radius 1 is 1.11 bits per heavy atom. The molecule has 1 amide bonds. The number of fused-ring (bicyclic) bond motifs is 2. The van der Waals surface area contributed by atoms with Crippen molar-refractivity contribution >= 4 is 33.6 Å². The van der Waals surface area contributed by atoms with Gasteiger partial charge in [-0.3, -0.25) is 9.89 Å². The lowest BCUT2D eigenvalue weighted by molar-refractivity contribution is -0.125. The molecule has 0 radical (unpaired) electrons. The van der Waals surface area contributed by atoms with Crippen molar-refractivity contribution in [1.82, 2.24) is 10.2 Å². The van der Waals surface area contributed by atoms with Gasteiger partial charge in [-0.15, -0.1) is 0 Å². The van der Waals surface area contributed by atoms with Gasteiger partial charge >= 0.3 is 5.97 Å². The molecule has 1 atom stereocenters. The highest BCUT2D eigenvalue weighted by Gasteiger charge is 2.23. The minimum Gasteiger partial charge on any atom is -0.449 e. The van der Waals surface area contributed by atoms with E-state index < -0.39 is 23.8 Å². The minimum atomic E-state index is -1.16. The smallest absolute Gasteiger partial charge is 0.341 e. The van der Waals surface area contributed by atoms with E-state index in [1.165, 1.54) is 13.0 Å². The molecule has 3 aromatic carbocycles. The van der Waals surface area contributed by atoms with Crippen molar-refractivity contribution in [2.24, 2.45) is 5.73 Å². The molecule has 0 aliphatic heterocycles. The standard InChI is InChI=1S/C21H16FN3O3/c1-11(20(23)26)28-21(27)15-8-9-16-17(18(15)22)19(25-24-16)14-7-6-12-4-2-3-5-13(12)10-14/h2-11H,1H3,(H2,23,26)(H,24,25)/t11-/m0/s1. The Labute approximate surface area is 159 Å². The number of aromatic amines is 1. The quantitative estimate of drug-likeness (QED) is 0.531. The van der Waals surface area contributed by atoms with Crippen LogP contribution in [0.25, 0.3) is 32.9 Å². The molecule has 0 aliphatic rings. The van der Waals surface area contributed by atoms with Gasteiger partial charge in [-0.05, 0) is 35.9 Å². The Morgan fingerprint density at radius 2 is 1.86 bits per heavy atom. The zero-order chi connectivity index (χ0) is 19.8. The average molecular weight is 377 g/mol. The van der Waals surface area contributed by atoms with Crippen LogP contribution in [-0.2, 0) is 9.53 Å². The number of H-pyrrole nitrogens is 1. The molecular formula is C21H16FN3O3. The normalized spacial score (nSPS) is 12.2. The molecule has 7 heteroatoms. The fourth-order valence-corrected chi connectivity index (χ4v) is 3.06. The Balaban J connectivity index is 1.82. The molecule has 140 valence electrons. The third-order valence-corrected chi connectivity index (χ3v) is 4.59. The van der Waals surface area contributed by atoms with E-state index in [-0.39, 0.29) is 10.9 Å². The van der Waals surface area contributed by atoms with E-state index in [4.69, 9.17) is 10.5 Å². The summed E-state index contributed by atoms with van der Waals surface area (Å²) < 4.78 is 20.1. The highest BCUT2D eigenvalue weighted by Crippen LogP contribution is 2.32. The minimum absolute atomic E-state index is 0.177. The van der Waals surface area contributed by atoms with E-state index >= 15 is 4.39 Å². The lowest BCUT2D eigenvalue weighted by Gasteiger charge is -2.10. The third-order valence-electron chi connectivity index (χ3n) is 4.59. The van der Waals surface area contributed by atoms with Gasteiger partial charge in [-0.2, -0.15) is 5.10 Å². The van der Waals surface area contributed by atoms with Crippen LogP contribution >= 0.6 is 0 Å². The fraction of sp³-hybridized carbons (Fsp3) is 0.0952. The largest absolute Gasteiger partial charge is 0.449 e. The molecule has 1 aromatic heterocycles.